The van der Waals surface area contributed by atoms with Gasteiger partial charge in [-0.3, -0.25) is 4.79 Å². The van der Waals surface area contributed by atoms with Crippen LogP contribution >= 0.6 is 0 Å². The van der Waals surface area contributed by atoms with Crippen LogP contribution in [0, 0.1) is 0 Å². The average Bonchev–Trinajstić information content (AvgIpc) is 3.17. The van der Waals surface area contributed by atoms with Gasteiger partial charge in [-0.1, -0.05) is 12.1 Å². The zero-order valence-electron chi connectivity index (χ0n) is 15.3. The first-order valence-corrected chi connectivity index (χ1v) is 9.12. The van der Waals surface area contributed by atoms with Crippen LogP contribution in [-0.4, -0.2) is 55.0 Å². The van der Waals surface area contributed by atoms with E-state index in [0.29, 0.717) is 50.5 Å². The summed E-state index contributed by atoms with van der Waals surface area (Å²) < 4.78 is 16.8. The van der Waals surface area contributed by atoms with Gasteiger partial charge in [0.25, 0.3) is 5.91 Å². The second kappa shape index (κ2) is 7.54. The minimum atomic E-state index is -0.475. The van der Waals surface area contributed by atoms with Gasteiger partial charge in [-0.2, -0.15) is 0 Å². The first-order valence-electron chi connectivity index (χ1n) is 9.12. The zero-order chi connectivity index (χ0) is 18.7. The van der Waals surface area contributed by atoms with Crippen molar-refractivity contribution < 1.29 is 19.0 Å². The Hall–Kier alpha value is -2.64. The minimum absolute atomic E-state index is 0.0146. The van der Waals surface area contributed by atoms with Crippen molar-refractivity contribution in [2.45, 2.75) is 18.6 Å². The van der Waals surface area contributed by atoms with Gasteiger partial charge >= 0.3 is 0 Å². The molecule has 0 atom stereocenters. The summed E-state index contributed by atoms with van der Waals surface area (Å²) in [4.78, 5) is 18.9. The quantitative estimate of drug-likeness (QED) is 0.893. The molecule has 2 fully saturated rings. The van der Waals surface area contributed by atoms with Crippen molar-refractivity contribution in [2.75, 3.05) is 38.7 Å². The van der Waals surface area contributed by atoms with Crippen LogP contribution in [0.15, 0.2) is 42.6 Å². The van der Waals surface area contributed by atoms with Gasteiger partial charge in [0, 0.05) is 32.1 Å². The number of ether oxygens (including phenoxy) is 3. The SMILES string of the molecule is COc1ccccc1Nc1ccc(C(=O)N2CCC3(CC2)OCCO3)cn1. The number of methoxy groups -OCH3 is 1. The van der Waals surface area contributed by atoms with E-state index in [-0.39, 0.29) is 5.91 Å². The van der Waals surface area contributed by atoms with Crippen LogP contribution in [0.1, 0.15) is 23.2 Å². The third-order valence-corrected chi connectivity index (χ3v) is 5.01. The summed E-state index contributed by atoms with van der Waals surface area (Å²) in [6, 6.07) is 11.2. The van der Waals surface area contributed by atoms with Gasteiger partial charge in [-0.25, -0.2) is 4.98 Å². The lowest BCUT2D eigenvalue weighted by Crippen LogP contribution is -2.47. The fraction of sp³-hybridized carbons (Fsp3) is 0.400. The Balaban J connectivity index is 1.39. The summed E-state index contributed by atoms with van der Waals surface area (Å²) >= 11 is 0. The molecule has 0 saturated carbocycles. The number of nitrogens with one attached hydrogen (secondary N) is 1. The van der Waals surface area contributed by atoms with Gasteiger partial charge in [0.15, 0.2) is 5.79 Å². The van der Waals surface area contributed by atoms with E-state index in [2.05, 4.69) is 10.3 Å². The number of anilines is 2. The first kappa shape index (κ1) is 17.8. The molecule has 1 aromatic heterocycles. The van der Waals surface area contributed by atoms with E-state index in [1.54, 1.807) is 25.4 Å². The molecule has 1 aromatic carbocycles. The molecular formula is C20H23N3O4. The number of likely N-dealkylation sites (tertiary alicyclic amines) is 1. The summed E-state index contributed by atoms with van der Waals surface area (Å²) in [6.07, 6.45) is 3.02. The van der Waals surface area contributed by atoms with Crippen LogP contribution in [0.5, 0.6) is 5.75 Å². The Morgan fingerprint density at radius 2 is 1.89 bits per heavy atom. The van der Waals surface area contributed by atoms with Gasteiger partial charge in [-0.15, -0.1) is 0 Å². The lowest BCUT2D eigenvalue weighted by atomic mass is 10.0. The van der Waals surface area contributed by atoms with Crippen molar-refractivity contribution in [3.05, 3.63) is 48.2 Å². The van der Waals surface area contributed by atoms with Crippen LogP contribution in [-0.2, 0) is 9.47 Å². The van der Waals surface area contributed by atoms with E-state index < -0.39 is 5.79 Å². The van der Waals surface area contributed by atoms with E-state index in [4.69, 9.17) is 14.2 Å². The smallest absolute Gasteiger partial charge is 0.255 e. The highest BCUT2D eigenvalue weighted by atomic mass is 16.7. The molecule has 142 valence electrons. The molecule has 2 saturated heterocycles. The molecule has 1 spiro atoms. The van der Waals surface area contributed by atoms with Crippen LogP contribution < -0.4 is 10.1 Å². The molecule has 1 N–H and O–H groups in total. The van der Waals surface area contributed by atoms with E-state index in [1.807, 2.05) is 29.2 Å². The zero-order valence-corrected chi connectivity index (χ0v) is 15.3. The second-order valence-corrected chi connectivity index (χ2v) is 6.66. The highest BCUT2D eigenvalue weighted by Crippen LogP contribution is 2.32. The Labute approximate surface area is 158 Å². The molecule has 27 heavy (non-hydrogen) atoms. The fourth-order valence-electron chi connectivity index (χ4n) is 3.50. The fourth-order valence-corrected chi connectivity index (χ4v) is 3.50. The van der Waals surface area contributed by atoms with Gasteiger partial charge in [-0.05, 0) is 24.3 Å². The maximum atomic E-state index is 12.7. The minimum Gasteiger partial charge on any atom is -0.495 e. The summed E-state index contributed by atoms with van der Waals surface area (Å²) in [5.41, 5.74) is 1.40. The van der Waals surface area contributed by atoms with Crippen molar-refractivity contribution in [3.63, 3.8) is 0 Å². The number of carbonyl (C=O) groups excluding carboxylic acids is 1. The van der Waals surface area contributed by atoms with E-state index in [0.717, 1.165) is 11.4 Å². The van der Waals surface area contributed by atoms with Crippen molar-refractivity contribution in [1.29, 1.82) is 0 Å². The van der Waals surface area contributed by atoms with Crippen molar-refractivity contribution in [1.82, 2.24) is 9.88 Å². The predicted molar refractivity (Wildman–Crippen MR) is 100 cm³/mol. The van der Waals surface area contributed by atoms with E-state index >= 15 is 0 Å². The van der Waals surface area contributed by atoms with Crippen LogP contribution in [0.4, 0.5) is 11.5 Å². The van der Waals surface area contributed by atoms with Crippen LogP contribution in [0.3, 0.4) is 0 Å². The summed E-state index contributed by atoms with van der Waals surface area (Å²) in [5.74, 6) is 0.899. The molecule has 3 heterocycles. The molecule has 0 aliphatic carbocycles. The van der Waals surface area contributed by atoms with Crippen molar-refractivity contribution in [3.8, 4) is 5.75 Å². The molecular weight excluding hydrogens is 346 g/mol. The molecule has 0 bridgehead atoms. The average molecular weight is 369 g/mol. The third kappa shape index (κ3) is 3.74. The van der Waals surface area contributed by atoms with Gasteiger partial charge in [0.05, 0.1) is 31.6 Å². The Morgan fingerprint density at radius 1 is 1.15 bits per heavy atom. The molecule has 0 unspecified atom stereocenters. The lowest BCUT2D eigenvalue weighted by Gasteiger charge is -2.37. The van der Waals surface area contributed by atoms with Crippen molar-refractivity contribution in [2.24, 2.45) is 0 Å². The number of piperidine rings is 1. The topological polar surface area (TPSA) is 72.9 Å². The molecule has 2 aliphatic rings. The van der Waals surface area contributed by atoms with Gasteiger partial charge < -0.3 is 24.4 Å². The van der Waals surface area contributed by atoms with Crippen molar-refractivity contribution >= 4 is 17.4 Å². The van der Waals surface area contributed by atoms with E-state index in [9.17, 15) is 4.79 Å². The monoisotopic (exact) mass is 369 g/mol. The number of pyridine rings is 1. The third-order valence-electron chi connectivity index (χ3n) is 5.01. The number of aromatic nitrogens is 1. The number of nitrogens with zero attached hydrogens (tertiary/aromatic N) is 2. The van der Waals surface area contributed by atoms with Crippen LogP contribution in [0.25, 0.3) is 0 Å². The normalized spacial score (nSPS) is 18.5. The maximum Gasteiger partial charge on any atom is 0.255 e. The lowest BCUT2D eigenvalue weighted by molar-refractivity contribution is -0.181. The predicted octanol–water partition coefficient (Wildman–Crippen LogP) is 2.81. The second-order valence-electron chi connectivity index (χ2n) is 6.66. The summed E-state index contributed by atoms with van der Waals surface area (Å²) in [7, 11) is 1.63. The number of hydrogen-bond acceptors (Lipinski definition) is 6. The molecule has 1 amide bonds. The summed E-state index contributed by atoms with van der Waals surface area (Å²) in [5, 5.41) is 3.21. The molecule has 2 aromatic rings. The summed E-state index contributed by atoms with van der Waals surface area (Å²) in [6.45, 7) is 2.52. The Kier molecular flexibility index (Phi) is 4.96. The molecule has 7 heteroatoms. The number of rotatable bonds is 4. The number of benzene rings is 1. The van der Waals surface area contributed by atoms with Gasteiger partial charge in [0.1, 0.15) is 11.6 Å². The molecule has 0 radical (unpaired) electrons. The number of para-hydroxylation sites is 2. The Bertz CT molecular complexity index is 793. The van der Waals surface area contributed by atoms with E-state index in [1.165, 1.54) is 0 Å². The molecule has 2 aliphatic heterocycles. The Morgan fingerprint density at radius 3 is 2.56 bits per heavy atom. The molecule has 4 rings (SSSR count). The standard InChI is InChI=1S/C20H23N3O4/c1-25-17-5-3-2-4-16(17)22-18-7-6-15(14-21-18)19(24)23-10-8-20(9-11-23)26-12-13-27-20/h2-7,14H,8-13H2,1H3,(H,21,22). The highest BCUT2D eigenvalue weighted by molar-refractivity contribution is 5.94. The maximum absolute atomic E-state index is 12.7. The largest absolute Gasteiger partial charge is 0.495 e. The van der Waals surface area contributed by atoms with Crippen LogP contribution in [0.2, 0.25) is 0 Å². The number of carbonyl (C=O) groups is 1. The number of amides is 1. The number of hydrogen-bond donors (Lipinski definition) is 1. The first-order chi connectivity index (χ1) is 13.2. The molecule has 7 nitrogen and oxygen atoms in total. The highest BCUT2D eigenvalue weighted by Gasteiger charge is 2.40. The van der Waals surface area contributed by atoms with Gasteiger partial charge in [0.2, 0.25) is 0 Å².